The van der Waals surface area contributed by atoms with Crippen molar-refractivity contribution < 1.29 is 24.2 Å². The maximum Gasteiger partial charge on any atom is 0.326 e. The van der Waals surface area contributed by atoms with Crippen molar-refractivity contribution in [1.82, 2.24) is 5.32 Å². The highest BCUT2D eigenvalue weighted by atomic mass is 31.2. The van der Waals surface area contributed by atoms with E-state index in [4.69, 9.17) is 5.73 Å². The van der Waals surface area contributed by atoms with E-state index in [1.807, 2.05) is 91.0 Å². The third-order valence-corrected chi connectivity index (χ3v) is 9.28. The number of carbonyl (C=O) groups is 2. The fourth-order valence-corrected chi connectivity index (χ4v) is 6.47. The number of hydrogen-bond donors (Lipinski definition) is 4. The lowest BCUT2D eigenvalue weighted by atomic mass is 9.97. The lowest BCUT2D eigenvalue weighted by Gasteiger charge is -2.26. The monoisotopic (exact) mass is 570 g/mol. The third kappa shape index (κ3) is 8.73. The van der Waals surface area contributed by atoms with E-state index in [9.17, 15) is 24.2 Å². The zero-order valence-electron chi connectivity index (χ0n) is 22.7. The van der Waals surface area contributed by atoms with E-state index in [1.165, 1.54) is 0 Å². The third-order valence-electron chi connectivity index (χ3n) is 7.10. The first-order chi connectivity index (χ1) is 19.7. The van der Waals surface area contributed by atoms with E-state index >= 15 is 0 Å². The van der Waals surface area contributed by atoms with Crippen LogP contribution in [0.3, 0.4) is 0 Å². The Bertz CT molecular complexity index is 1460. The predicted molar refractivity (Wildman–Crippen MR) is 162 cm³/mol. The minimum atomic E-state index is -4.02. The largest absolute Gasteiger partial charge is 0.480 e. The molecule has 0 fully saturated rings. The molecule has 0 spiro atoms. The number of hydrogen-bond acceptors (Lipinski definition) is 4. The Kier molecular flexibility index (Phi) is 10.3. The zero-order valence-corrected chi connectivity index (χ0v) is 23.6. The molecule has 0 aromatic heterocycles. The van der Waals surface area contributed by atoms with Gasteiger partial charge in [-0.25, -0.2) is 4.79 Å². The molecule has 8 heteroatoms. The van der Waals surface area contributed by atoms with Gasteiger partial charge in [-0.15, -0.1) is 0 Å². The van der Waals surface area contributed by atoms with Crippen molar-refractivity contribution >= 4 is 19.2 Å². The highest BCUT2D eigenvalue weighted by Crippen LogP contribution is 2.47. The average Bonchev–Trinajstić information content (AvgIpc) is 2.98. The van der Waals surface area contributed by atoms with Crippen LogP contribution in [0, 0.1) is 5.92 Å². The Balaban J connectivity index is 1.55. The van der Waals surface area contributed by atoms with Crippen molar-refractivity contribution in [3.8, 4) is 11.1 Å². The molecule has 3 unspecified atom stereocenters. The van der Waals surface area contributed by atoms with Gasteiger partial charge in [0, 0.05) is 12.6 Å². The predicted octanol–water partition coefficient (Wildman–Crippen LogP) is 5.12. The Morgan fingerprint density at radius 2 is 1.15 bits per heavy atom. The number of amides is 1. The van der Waals surface area contributed by atoms with Crippen molar-refractivity contribution in [2.75, 3.05) is 6.16 Å². The molecule has 0 radical (unpaired) electrons. The van der Waals surface area contributed by atoms with Crippen LogP contribution in [0.4, 0.5) is 0 Å². The van der Waals surface area contributed by atoms with Gasteiger partial charge in [0.25, 0.3) is 0 Å². The molecule has 1 amide bonds. The minimum absolute atomic E-state index is 0.0880. The Labute approximate surface area is 240 Å². The fourth-order valence-electron chi connectivity index (χ4n) is 4.78. The Morgan fingerprint density at radius 3 is 1.68 bits per heavy atom. The number of nitrogens with two attached hydrogens (primary N) is 1. The van der Waals surface area contributed by atoms with Crippen molar-refractivity contribution in [2.24, 2.45) is 11.7 Å². The fraction of sp³-hybridized carbons (Fsp3) is 0.212. The standard InChI is InChI=1S/C33H35N2O5P/c34-31(22-25-12-6-2-7-13-25)41(39,40)23-29(20-26-16-18-28(19-17-26)27-14-8-3-9-15-27)32(36)35-30(33(37)38)21-24-10-4-1-5-11-24/h1-19,29-31H,20-23,34H2,(H,35,36)(H,37,38)(H,39,40)/t29?,30-,31?/m0/s1. The zero-order chi connectivity index (χ0) is 29.2. The van der Waals surface area contributed by atoms with Crippen molar-refractivity contribution in [3.05, 3.63) is 132 Å². The van der Waals surface area contributed by atoms with Gasteiger partial charge in [-0.2, -0.15) is 0 Å². The summed E-state index contributed by atoms with van der Waals surface area (Å²) in [5.74, 6) is -3.81. The molecule has 4 rings (SSSR count). The van der Waals surface area contributed by atoms with E-state index in [1.54, 1.807) is 24.3 Å². The maximum atomic E-state index is 13.6. The number of aliphatic carboxylic acids is 1. The van der Waals surface area contributed by atoms with Crippen LogP contribution in [0.1, 0.15) is 16.7 Å². The lowest BCUT2D eigenvalue weighted by Crippen LogP contribution is -2.46. The summed E-state index contributed by atoms with van der Waals surface area (Å²) in [7, 11) is -4.02. The second-order valence-corrected chi connectivity index (χ2v) is 12.8. The van der Waals surface area contributed by atoms with E-state index < -0.39 is 37.0 Å². The van der Waals surface area contributed by atoms with Crippen LogP contribution in [-0.4, -0.2) is 39.9 Å². The van der Waals surface area contributed by atoms with Crippen LogP contribution < -0.4 is 11.1 Å². The molecule has 212 valence electrons. The first-order valence-electron chi connectivity index (χ1n) is 13.5. The van der Waals surface area contributed by atoms with Gasteiger partial charge < -0.3 is 21.1 Å². The van der Waals surface area contributed by atoms with E-state index in [-0.39, 0.29) is 25.4 Å². The number of carboxylic acid groups (broad SMARTS) is 1. The maximum absolute atomic E-state index is 13.6. The van der Waals surface area contributed by atoms with Crippen LogP contribution in [-0.2, 0) is 33.4 Å². The molecule has 0 aliphatic rings. The van der Waals surface area contributed by atoms with Crippen LogP contribution in [0.15, 0.2) is 115 Å². The van der Waals surface area contributed by atoms with E-state index in [0.717, 1.165) is 27.8 Å². The van der Waals surface area contributed by atoms with Gasteiger partial charge in [0.2, 0.25) is 13.3 Å². The summed E-state index contributed by atoms with van der Waals surface area (Å²) in [6.07, 6.45) is 0.0529. The van der Waals surface area contributed by atoms with Crippen molar-refractivity contribution in [3.63, 3.8) is 0 Å². The van der Waals surface area contributed by atoms with E-state index in [0.29, 0.717) is 0 Å². The van der Waals surface area contributed by atoms with Gasteiger partial charge >= 0.3 is 5.97 Å². The van der Waals surface area contributed by atoms with Crippen molar-refractivity contribution in [1.29, 1.82) is 0 Å². The quantitative estimate of drug-likeness (QED) is 0.165. The first-order valence-corrected chi connectivity index (χ1v) is 15.4. The molecule has 0 aliphatic carbocycles. The highest BCUT2D eigenvalue weighted by Gasteiger charge is 2.35. The van der Waals surface area contributed by atoms with Crippen LogP contribution >= 0.6 is 7.37 Å². The molecule has 5 N–H and O–H groups in total. The summed E-state index contributed by atoms with van der Waals surface area (Å²) in [6.45, 7) is 0. The molecule has 0 saturated heterocycles. The van der Waals surface area contributed by atoms with Gasteiger partial charge in [0.1, 0.15) is 6.04 Å². The summed E-state index contributed by atoms with van der Waals surface area (Å²) < 4.78 is 13.5. The molecule has 0 bridgehead atoms. The molecular weight excluding hydrogens is 535 g/mol. The molecule has 0 heterocycles. The number of carboxylic acids is 1. The van der Waals surface area contributed by atoms with Crippen molar-refractivity contribution in [2.45, 2.75) is 31.1 Å². The van der Waals surface area contributed by atoms with Gasteiger partial charge in [-0.3, -0.25) is 9.36 Å². The molecule has 4 aromatic rings. The molecular formula is C33H35N2O5P. The van der Waals surface area contributed by atoms with Gasteiger partial charge in [0.15, 0.2) is 0 Å². The Morgan fingerprint density at radius 1 is 0.683 bits per heavy atom. The summed E-state index contributed by atoms with van der Waals surface area (Å²) in [5.41, 5.74) is 10.6. The van der Waals surface area contributed by atoms with Gasteiger partial charge in [-0.05, 0) is 40.7 Å². The van der Waals surface area contributed by atoms with E-state index in [2.05, 4.69) is 5.32 Å². The number of benzene rings is 4. The van der Waals surface area contributed by atoms with Gasteiger partial charge in [-0.1, -0.05) is 115 Å². The van der Waals surface area contributed by atoms with Crippen LogP contribution in [0.25, 0.3) is 11.1 Å². The van der Waals surface area contributed by atoms with Crippen LogP contribution in [0.5, 0.6) is 0 Å². The Hall–Kier alpha value is -4.03. The molecule has 0 aliphatic heterocycles. The van der Waals surface area contributed by atoms with Gasteiger partial charge in [0.05, 0.1) is 11.7 Å². The topological polar surface area (TPSA) is 130 Å². The van der Waals surface area contributed by atoms with Crippen LogP contribution in [0.2, 0.25) is 0 Å². The molecule has 4 aromatic carbocycles. The SMILES string of the molecule is NC(Cc1ccccc1)P(=O)(O)CC(Cc1ccc(-c2ccccc2)cc1)C(=O)N[C@@H](Cc1ccccc1)C(=O)O. The molecule has 0 saturated carbocycles. The summed E-state index contributed by atoms with van der Waals surface area (Å²) in [5, 5.41) is 12.5. The first kappa shape index (κ1) is 29.9. The second kappa shape index (κ2) is 14.0. The molecule has 7 nitrogen and oxygen atoms in total. The number of carbonyl (C=O) groups excluding carboxylic acids is 1. The number of nitrogens with one attached hydrogen (secondary N) is 1. The summed E-state index contributed by atoms with van der Waals surface area (Å²) in [4.78, 5) is 36.6. The second-order valence-electron chi connectivity index (χ2n) is 10.2. The lowest BCUT2D eigenvalue weighted by molar-refractivity contribution is -0.142. The normalized spacial score (nSPS) is 14.8. The minimum Gasteiger partial charge on any atom is -0.480 e. The number of rotatable bonds is 13. The summed E-state index contributed by atoms with van der Waals surface area (Å²) >= 11 is 0. The summed E-state index contributed by atoms with van der Waals surface area (Å²) in [6, 6.07) is 34.5. The highest BCUT2D eigenvalue weighted by molar-refractivity contribution is 7.58. The molecule has 4 atom stereocenters. The average molecular weight is 571 g/mol. The smallest absolute Gasteiger partial charge is 0.326 e. The molecule has 41 heavy (non-hydrogen) atoms.